The first-order valence-corrected chi connectivity index (χ1v) is 31.4. The molecule has 2 saturated carbocycles. The number of rotatable bonds is 22. The SMILES string of the molecule is CC(=O)O[C@H]1C(=O)[C@]2(C)C(OC(=O)Nc3ccc(/C(C)=N/NC(=O)[C@H](O)C(O)[C@H](OC4O[C@H](CO)[C@H](O)C(O)[C@H]4O)C(O)CO)cc3)C[C@H]3OC[C@@]3(OC(C)=O)[C@H]2[C@H](OC(=O)c2ccccc2)C2(O)C[C@H](OC(=O)[C@H](O)[C@@H](NC(=O)c3ccccc3)c3ccccc3)C(C)=C1C2(C)C. The zero-order valence-electron chi connectivity index (χ0n) is 54.3. The molecule has 5 aliphatic rings. The third-order valence-electron chi connectivity index (χ3n) is 19.2. The van der Waals surface area contributed by atoms with Gasteiger partial charge in [0.2, 0.25) is 0 Å². The molecule has 3 amide bonds. The Morgan fingerprint density at radius 3 is 1.91 bits per heavy atom. The number of ketones is 1. The van der Waals surface area contributed by atoms with Crippen LogP contribution in [0.2, 0.25) is 0 Å². The molecule has 4 fully saturated rings. The minimum Gasteiger partial charge on any atom is -0.456 e. The van der Waals surface area contributed by atoms with Crippen LogP contribution in [0.1, 0.15) is 99.2 Å². The first-order valence-electron chi connectivity index (χ1n) is 31.4. The molecule has 4 aromatic carbocycles. The molecular formula is C68H80N4O26. The number of hydrazone groups is 1. The molecule has 98 heavy (non-hydrogen) atoms. The third-order valence-corrected chi connectivity index (χ3v) is 19.2. The number of carbonyl (C=O) groups is 8. The van der Waals surface area contributed by atoms with Crippen LogP contribution in [0.4, 0.5) is 10.5 Å². The van der Waals surface area contributed by atoms with Crippen molar-refractivity contribution in [1.29, 1.82) is 0 Å². The zero-order valence-corrected chi connectivity index (χ0v) is 54.3. The van der Waals surface area contributed by atoms with Gasteiger partial charge in [0.05, 0.1) is 48.5 Å². The van der Waals surface area contributed by atoms with Crippen LogP contribution in [0, 0.1) is 16.7 Å². The van der Waals surface area contributed by atoms with E-state index in [2.05, 4.69) is 15.7 Å². The standard InChI is InChI=1S/C68H80N4O26/c1-32-42(93-62(88)49(79)47(37-17-11-8-12-18-37)70-59(85)38-19-13-9-14-20-38)28-68(90)58(97-61(87)39-21-15-10-16-22-39)56-66(7,57(84)55(92-34(3)75)46(32)65(68,5)6)44(27-45-67(56,31-91-45)98-35(4)76)95-64(89)69-40-25-23-36(24-26-40)33(2)71-72-60(86)52(82)51(81)54(41(77)29-73)96-63-53(83)50(80)48(78)43(30-74)94-63/h8-26,41-45,47-56,58,63,73-74,77-83,90H,27-31H2,1-7H3,(H,69,89)(H,70,85)(H,72,86)/b71-33+/t41?,42-,43+,44?,45+,47-,48-,49+,50?,51?,52+,53+,54+,55+,56-,58-,63?,66+,67-,68?/m0/s1. The molecule has 3 aliphatic carbocycles. The highest BCUT2D eigenvalue weighted by Crippen LogP contribution is 2.65. The average Bonchev–Trinajstić information content (AvgIpc) is 0.668. The highest BCUT2D eigenvalue weighted by Gasteiger charge is 2.79. The second-order valence-corrected chi connectivity index (χ2v) is 25.6. The van der Waals surface area contributed by atoms with Gasteiger partial charge in [-0.15, -0.1) is 0 Å². The van der Waals surface area contributed by atoms with Gasteiger partial charge in [0, 0.05) is 43.4 Å². The second kappa shape index (κ2) is 29.9. The van der Waals surface area contributed by atoms with E-state index >= 15 is 4.79 Å². The van der Waals surface area contributed by atoms with Crippen molar-refractivity contribution in [2.45, 2.75) is 170 Å². The van der Waals surface area contributed by atoms with Gasteiger partial charge in [-0.25, -0.2) is 19.8 Å². The molecule has 20 atom stereocenters. The summed E-state index contributed by atoms with van der Waals surface area (Å²) in [5.74, 6) is -9.19. The molecule has 4 aromatic rings. The fourth-order valence-corrected chi connectivity index (χ4v) is 13.8. The number of amides is 3. The number of nitrogens with one attached hydrogen (secondary N) is 3. The number of Topliss-reactive ketones (excluding diaryl/α,β-unsaturated/α-hetero) is 1. The van der Waals surface area contributed by atoms with E-state index in [9.17, 15) is 84.6 Å². The fourth-order valence-electron chi connectivity index (χ4n) is 13.8. The van der Waals surface area contributed by atoms with Gasteiger partial charge in [-0.3, -0.25) is 29.3 Å². The molecule has 13 N–H and O–H groups in total. The maximum absolute atomic E-state index is 16.5. The van der Waals surface area contributed by atoms with Crippen LogP contribution in [0.15, 0.2) is 132 Å². The number of aliphatic hydroxyl groups excluding tert-OH is 9. The van der Waals surface area contributed by atoms with Crippen molar-refractivity contribution < 1.29 is 127 Å². The van der Waals surface area contributed by atoms with Crippen molar-refractivity contribution in [3.63, 3.8) is 0 Å². The van der Waals surface area contributed by atoms with Gasteiger partial charge < -0.3 is 94.3 Å². The van der Waals surface area contributed by atoms with Crippen LogP contribution in [0.3, 0.4) is 0 Å². The van der Waals surface area contributed by atoms with Crippen molar-refractivity contribution in [3.8, 4) is 0 Å². The maximum atomic E-state index is 16.5. The van der Waals surface area contributed by atoms with Crippen LogP contribution in [-0.4, -0.2) is 227 Å². The van der Waals surface area contributed by atoms with Gasteiger partial charge in [0.25, 0.3) is 11.8 Å². The molecule has 30 nitrogen and oxygen atoms in total. The third kappa shape index (κ3) is 14.4. The Bertz CT molecular complexity index is 3650. The quantitative estimate of drug-likeness (QED) is 0.0163. The first kappa shape index (κ1) is 73.8. The summed E-state index contributed by atoms with van der Waals surface area (Å²) in [6.45, 7) is 6.79. The summed E-state index contributed by atoms with van der Waals surface area (Å²) < 4.78 is 48.1. The molecular weight excluding hydrogens is 1290 g/mol. The monoisotopic (exact) mass is 1370 g/mol. The maximum Gasteiger partial charge on any atom is 0.411 e. The summed E-state index contributed by atoms with van der Waals surface area (Å²) in [5, 5.41) is 118. The van der Waals surface area contributed by atoms with Crippen LogP contribution in [-0.2, 0) is 61.9 Å². The molecule has 2 heterocycles. The Balaban J connectivity index is 1.03. The number of benzene rings is 4. The van der Waals surface area contributed by atoms with E-state index < -0.39 is 206 Å². The van der Waals surface area contributed by atoms with Gasteiger partial charge in [-0.1, -0.05) is 92.7 Å². The van der Waals surface area contributed by atoms with E-state index in [1.807, 2.05) is 5.43 Å². The Morgan fingerprint density at radius 2 is 1.34 bits per heavy atom. The van der Waals surface area contributed by atoms with Crippen molar-refractivity contribution in [3.05, 3.63) is 149 Å². The number of esters is 4. The Labute approximate surface area is 561 Å². The smallest absolute Gasteiger partial charge is 0.411 e. The minimum absolute atomic E-state index is 0.0407. The van der Waals surface area contributed by atoms with Crippen LogP contribution >= 0.6 is 0 Å². The summed E-state index contributed by atoms with van der Waals surface area (Å²) in [4.78, 5) is 115. The molecule has 6 unspecified atom stereocenters. The summed E-state index contributed by atoms with van der Waals surface area (Å²) in [5.41, 5.74) is -6.06. The Morgan fingerprint density at radius 1 is 0.724 bits per heavy atom. The van der Waals surface area contributed by atoms with Crippen LogP contribution in [0.25, 0.3) is 0 Å². The average molecular weight is 1370 g/mol. The van der Waals surface area contributed by atoms with Gasteiger partial charge in [0.15, 0.2) is 36.0 Å². The number of aliphatic hydroxyl groups is 10. The second-order valence-electron chi connectivity index (χ2n) is 25.6. The lowest BCUT2D eigenvalue weighted by Gasteiger charge is -2.67. The molecule has 2 aliphatic heterocycles. The molecule has 2 bridgehead atoms. The van der Waals surface area contributed by atoms with E-state index in [4.69, 9.17) is 37.9 Å². The summed E-state index contributed by atoms with van der Waals surface area (Å²) in [7, 11) is 0. The number of ether oxygens (including phenoxy) is 8. The van der Waals surface area contributed by atoms with Gasteiger partial charge in [-0.2, -0.15) is 5.10 Å². The molecule has 0 aromatic heterocycles. The number of fused-ring (bicyclic) bond motifs is 5. The lowest BCUT2D eigenvalue weighted by atomic mass is 9.44. The largest absolute Gasteiger partial charge is 0.456 e. The summed E-state index contributed by atoms with van der Waals surface area (Å²) in [6.07, 6.45) is -31.4. The van der Waals surface area contributed by atoms with Crippen LogP contribution < -0.4 is 16.1 Å². The lowest BCUT2D eigenvalue weighted by Crippen LogP contribution is -2.82. The summed E-state index contributed by atoms with van der Waals surface area (Å²) in [6, 6.07) is 27.7. The Hall–Kier alpha value is -8.47. The van der Waals surface area contributed by atoms with E-state index in [-0.39, 0.29) is 44.8 Å². The number of nitrogens with zero attached hydrogens (tertiary/aromatic N) is 1. The molecule has 0 spiro atoms. The Kier molecular flexibility index (Phi) is 22.5. The van der Waals surface area contributed by atoms with E-state index in [0.717, 1.165) is 13.8 Å². The van der Waals surface area contributed by atoms with Crippen molar-refractivity contribution in [2.75, 3.05) is 25.1 Å². The molecule has 9 rings (SSSR count). The number of hydrogen-bond donors (Lipinski definition) is 13. The highest BCUT2D eigenvalue weighted by atomic mass is 16.7. The summed E-state index contributed by atoms with van der Waals surface area (Å²) >= 11 is 0. The van der Waals surface area contributed by atoms with Gasteiger partial charge in [-0.05, 0) is 79.4 Å². The first-order chi connectivity index (χ1) is 46.3. The minimum atomic E-state index is -2.61. The van der Waals surface area contributed by atoms with Gasteiger partial charge in [0.1, 0.15) is 72.7 Å². The molecule has 30 heteroatoms. The molecule has 0 radical (unpaired) electrons. The molecule has 528 valence electrons. The number of carbonyl (C=O) groups excluding carboxylic acids is 8. The lowest BCUT2D eigenvalue weighted by molar-refractivity contribution is -0.345. The van der Waals surface area contributed by atoms with Gasteiger partial charge >= 0.3 is 30.0 Å². The molecule has 2 saturated heterocycles. The van der Waals surface area contributed by atoms with Crippen molar-refractivity contribution in [2.24, 2.45) is 21.8 Å². The van der Waals surface area contributed by atoms with E-state index in [0.29, 0.717) is 0 Å². The fraction of sp³-hybridized carbons (Fsp3) is 0.485. The normalized spacial score (nSPS) is 30.6. The van der Waals surface area contributed by atoms with E-state index in [1.165, 1.54) is 95.3 Å². The van der Waals surface area contributed by atoms with Crippen LogP contribution in [0.5, 0.6) is 0 Å². The predicted octanol–water partition coefficient (Wildman–Crippen LogP) is 0.0924. The topological polar surface area (TPSA) is 461 Å². The van der Waals surface area contributed by atoms with Crippen molar-refractivity contribution >= 4 is 59.0 Å². The van der Waals surface area contributed by atoms with E-state index in [1.54, 1.807) is 54.6 Å². The zero-order chi connectivity index (χ0) is 71.5. The number of hydrogen-bond acceptors (Lipinski definition) is 27. The van der Waals surface area contributed by atoms with Crippen molar-refractivity contribution in [1.82, 2.24) is 10.7 Å². The highest BCUT2D eigenvalue weighted by molar-refractivity contribution is 6.00. The predicted molar refractivity (Wildman–Crippen MR) is 336 cm³/mol. The number of anilines is 1.